The van der Waals surface area contributed by atoms with Crippen molar-refractivity contribution < 1.29 is 27.3 Å². The molecule has 1 saturated heterocycles. The Kier molecular flexibility index (Phi) is 7.07. The molecule has 1 N–H and O–H groups in total. The monoisotopic (exact) mass is 513 g/mol. The quantitative estimate of drug-likeness (QED) is 0.339. The topological polar surface area (TPSA) is 101 Å². The van der Waals surface area contributed by atoms with Gasteiger partial charge in [0.2, 0.25) is 11.6 Å². The first kappa shape index (κ1) is 25.1. The van der Waals surface area contributed by atoms with Gasteiger partial charge in [-0.15, -0.1) is 0 Å². The van der Waals surface area contributed by atoms with Crippen LogP contribution in [0.5, 0.6) is 0 Å². The molecule has 1 fully saturated rings. The number of pyridine rings is 1. The molecule has 8 nitrogen and oxygen atoms in total. The standard InChI is InChI=1S/C26H26F3N5O3/c1-2-16-6-5-13-34(14-16)15-20(35)17-8-10-18(11-9-17)24-31-25(37-33-24)23-21(26(27,28)29)22(32-36-23)19-7-3-4-12-30-19/h3-4,7-12,16,20,35H,2,5-6,13-15H2,1H3. The summed E-state index contributed by atoms with van der Waals surface area (Å²) in [4.78, 5) is 10.3. The molecule has 0 radical (unpaired) electrons. The zero-order chi connectivity index (χ0) is 26.0. The van der Waals surface area contributed by atoms with Crippen LogP contribution in [0.1, 0.15) is 43.4 Å². The van der Waals surface area contributed by atoms with E-state index in [4.69, 9.17) is 9.05 Å². The van der Waals surface area contributed by atoms with Crippen molar-refractivity contribution in [3.05, 3.63) is 59.8 Å². The van der Waals surface area contributed by atoms with Crippen LogP contribution in [0, 0.1) is 5.92 Å². The van der Waals surface area contributed by atoms with Crippen LogP contribution in [0.2, 0.25) is 0 Å². The summed E-state index contributed by atoms with van der Waals surface area (Å²) in [5.41, 5.74) is -0.329. The third-order valence-electron chi connectivity index (χ3n) is 6.67. The first-order valence-corrected chi connectivity index (χ1v) is 12.2. The minimum absolute atomic E-state index is 0.00785. The number of piperidine rings is 1. The molecule has 1 aliphatic rings. The predicted octanol–water partition coefficient (Wildman–Crippen LogP) is 5.63. The fourth-order valence-electron chi connectivity index (χ4n) is 4.66. The van der Waals surface area contributed by atoms with Crippen molar-refractivity contribution >= 4 is 0 Å². The molecule has 194 valence electrons. The lowest BCUT2D eigenvalue weighted by Crippen LogP contribution is -2.37. The lowest BCUT2D eigenvalue weighted by atomic mass is 9.95. The highest BCUT2D eigenvalue weighted by atomic mass is 19.4. The van der Waals surface area contributed by atoms with Crippen LogP contribution >= 0.6 is 0 Å². The van der Waals surface area contributed by atoms with E-state index in [0.717, 1.165) is 31.5 Å². The number of alkyl halides is 3. The maximum Gasteiger partial charge on any atom is 0.422 e. The van der Waals surface area contributed by atoms with E-state index in [9.17, 15) is 18.3 Å². The maximum absolute atomic E-state index is 13.9. The second kappa shape index (κ2) is 10.4. The van der Waals surface area contributed by atoms with Crippen molar-refractivity contribution in [1.82, 2.24) is 25.2 Å². The Morgan fingerprint density at radius 3 is 2.62 bits per heavy atom. The van der Waals surface area contributed by atoms with E-state index in [0.29, 0.717) is 18.0 Å². The molecule has 11 heteroatoms. The van der Waals surface area contributed by atoms with Crippen molar-refractivity contribution in [1.29, 1.82) is 0 Å². The van der Waals surface area contributed by atoms with Gasteiger partial charge < -0.3 is 19.1 Å². The summed E-state index contributed by atoms with van der Waals surface area (Å²) < 4.78 is 51.9. The maximum atomic E-state index is 13.9. The molecule has 0 bridgehead atoms. The van der Waals surface area contributed by atoms with Crippen molar-refractivity contribution in [2.45, 2.75) is 38.5 Å². The molecule has 1 aliphatic heterocycles. The highest BCUT2D eigenvalue weighted by Gasteiger charge is 2.43. The molecule has 4 heterocycles. The Labute approximate surface area is 211 Å². The van der Waals surface area contributed by atoms with Crippen LogP contribution in [0.25, 0.3) is 34.4 Å². The number of benzene rings is 1. The lowest BCUT2D eigenvalue weighted by Gasteiger charge is -2.33. The normalized spacial score (nSPS) is 17.7. The van der Waals surface area contributed by atoms with Gasteiger partial charge in [0.25, 0.3) is 5.89 Å². The number of hydrogen-bond donors (Lipinski definition) is 1. The van der Waals surface area contributed by atoms with Crippen LogP contribution in [0.3, 0.4) is 0 Å². The summed E-state index contributed by atoms with van der Waals surface area (Å²) in [5, 5.41) is 18.1. The number of hydrogen-bond acceptors (Lipinski definition) is 8. The van der Waals surface area contributed by atoms with E-state index in [1.54, 1.807) is 36.4 Å². The van der Waals surface area contributed by atoms with E-state index < -0.39 is 35.2 Å². The molecule has 2 unspecified atom stereocenters. The molecule has 0 aliphatic carbocycles. The first-order valence-electron chi connectivity index (χ1n) is 12.2. The number of halogens is 3. The fraction of sp³-hybridized carbons (Fsp3) is 0.385. The van der Waals surface area contributed by atoms with Crippen LogP contribution in [0.4, 0.5) is 13.2 Å². The van der Waals surface area contributed by atoms with Crippen LogP contribution in [0.15, 0.2) is 57.7 Å². The second-order valence-corrected chi connectivity index (χ2v) is 9.19. The fourth-order valence-corrected chi connectivity index (χ4v) is 4.66. The van der Waals surface area contributed by atoms with Gasteiger partial charge in [0.15, 0.2) is 0 Å². The SMILES string of the molecule is CCC1CCCN(CC(O)c2ccc(-c3noc(-c4onc(-c5ccccn5)c4C(F)(F)F)n3)cc2)C1. The Morgan fingerprint density at radius 1 is 1.11 bits per heavy atom. The zero-order valence-corrected chi connectivity index (χ0v) is 20.1. The third-order valence-corrected chi connectivity index (χ3v) is 6.67. The summed E-state index contributed by atoms with van der Waals surface area (Å²) in [5.74, 6) is -0.373. The van der Waals surface area contributed by atoms with Gasteiger partial charge in [-0.3, -0.25) is 4.98 Å². The molecule has 4 aromatic rings. The van der Waals surface area contributed by atoms with Gasteiger partial charge in [-0.2, -0.15) is 18.2 Å². The minimum Gasteiger partial charge on any atom is -0.387 e. The van der Waals surface area contributed by atoms with E-state index in [-0.39, 0.29) is 11.5 Å². The van der Waals surface area contributed by atoms with E-state index in [1.165, 1.54) is 18.7 Å². The summed E-state index contributed by atoms with van der Waals surface area (Å²) in [6.07, 6.45) is -0.581. The minimum atomic E-state index is -4.79. The van der Waals surface area contributed by atoms with E-state index >= 15 is 0 Å². The molecule has 1 aromatic carbocycles. The van der Waals surface area contributed by atoms with Crippen LogP contribution in [-0.2, 0) is 6.18 Å². The Morgan fingerprint density at radius 2 is 1.92 bits per heavy atom. The smallest absolute Gasteiger partial charge is 0.387 e. The van der Waals surface area contributed by atoms with Crippen molar-refractivity contribution in [2.24, 2.45) is 5.92 Å². The molecular formula is C26H26F3N5O3. The summed E-state index contributed by atoms with van der Waals surface area (Å²) in [6.45, 7) is 4.70. The number of nitrogens with zero attached hydrogens (tertiary/aromatic N) is 5. The Hall–Kier alpha value is -3.57. The highest BCUT2D eigenvalue weighted by molar-refractivity contribution is 5.68. The van der Waals surface area contributed by atoms with Crippen molar-refractivity contribution in [3.8, 4) is 34.4 Å². The molecule has 2 atom stereocenters. The first-order chi connectivity index (χ1) is 17.8. The van der Waals surface area contributed by atoms with Crippen LogP contribution in [-0.4, -0.2) is 49.9 Å². The van der Waals surface area contributed by atoms with Crippen LogP contribution < -0.4 is 0 Å². The summed E-state index contributed by atoms with van der Waals surface area (Å²) >= 11 is 0. The van der Waals surface area contributed by atoms with Gasteiger partial charge in [0, 0.05) is 24.8 Å². The number of aromatic nitrogens is 4. The summed E-state index contributed by atoms with van der Waals surface area (Å²) in [7, 11) is 0. The second-order valence-electron chi connectivity index (χ2n) is 9.19. The average molecular weight is 514 g/mol. The van der Waals surface area contributed by atoms with Gasteiger partial charge >= 0.3 is 6.18 Å². The number of rotatable bonds is 7. The Balaban J connectivity index is 1.35. The van der Waals surface area contributed by atoms with Gasteiger partial charge in [0.05, 0.1) is 11.8 Å². The molecule has 0 spiro atoms. The van der Waals surface area contributed by atoms with E-state index in [1.807, 2.05) is 0 Å². The zero-order valence-electron chi connectivity index (χ0n) is 20.1. The molecule has 5 rings (SSSR count). The van der Waals surface area contributed by atoms with Crippen molar-refractivity contribution in [2.75, 3.05) is 19.6 Å². The molecular weight excluding hydrogens is 487 g/mol. The summed E-state index contributed by atoms with van der Waals surface area (Å²) in [6, 6.07) is 11.4. The average Bonchev–Trinajstić information content (AvgIpc) is 3.57. The van der Waals surface area contributed by atoms with Gasteiger partial charge in [-0.1, -0.05) is 54.0 Å². The number of likely N-dealkylation sites (tertiary alicyclic amines) is 1. The lowest BCUT2D eigenvalue weighted by molar-refractivity contribution is -0.137. The predicted molar refractivity (Wildman–Crippen MR) is 128 cm³/mol. The highest BCUT2D eigenvalue weighted by Crippen LogP contribution is 2.42. The number of aliphatic hydroxyl groups is 1. The number of aliphatic hydroxyl groups excluding tert-OH is 1. The number of β-amino-alcohol motifs (C(OH)–C–C–N with tert-alkyl or cyclic N) is 1. The molecule has 37 heavy (non-hydrogen) atoms. The molecule has 0 amide bonds. The molecule has 0 saturated carbocycles. The third kappa shape index (κ3) is 5.42. The van der Waals surface area contributed by atoms with Gasteiger partial charge in [-0.05, 0) is 43.0 Å². The largest absolute Gasteiger partial charge is 0.422 e. The van der Waals surface area contributed by atoms with Gasteiger partial charge in [-0.25, -0.2) is 0 Å². The molecule has 3 aromatic heterocycles. The van der Waals surface area contributed by atoms with Gasteiger partial charge in [0.1, 0.15) is 11.3 Å². The van der Waals surface area contributed by atoms with Crippen molar-refractivity contribution in [3.63, 3.8) is 0 Å². The van der Waals surface area contributed by atoms with E-state index in [2.05, 4.69) is 32.1 Å². The Bertz CT molecular complexity index is 1320.